The number of sulfonamides is 1. The molecule has 6 nitrogen and oxygen atoms in total. The third kappa shape index (κ3) is 3.64. The van der Waals surface area contributed by atoms with Crippen LogP contribution in [-0.2, 0) is 10.0 Å². The Morgan fingerprint density at radius 2 is 1.80 bits per heavy atom. The highest BCUT2D eigenvalue weighted by Gasteiger charge is 2.31. The summed E-state index contributed by atoms with van der Waals surface area (Å²) in [4.78, 5) is 2.37. The molecule has 1 aliphatic carbocycles. The number of nitrogens with one attached hydrogen (secondary N) is 1. The zero-order chi connectivity index (χ0) is 17.3. The molecule has 2 aliphatic heterocycles. The standard InChI is InChI=1S/C18H26N2O4S/c21-25(22,15-5-1-2-6-15)19-12-16(20-9-3-4-10-20)14-7-8-17-18(11-14)24-13-23-17/h7-8,11,15-16,19H,1-6,9-10,12-13H2. The Bertz CT molecular complexity index is 710. The lowest BCUT2D eigenvalue weighted by atomic mass is 10.1. The van der Waals surface area contributed by atoms with Crippen molar-refractivity contribution < 1.29 is 17.9 Å². The zero-order valence-electron chi connectivity index (χ0n) is 14.4. The van der Waals surface area contributed by atoms with Crippen molar-refractivity contribution >= 4 is 10.0 Å². The number of nitrogens with zero attached hydrogens (tertiary/aromatic N) is 1. The average molecular weight is 366 g/mol. The van der Waals surface area contributed by atoms with Gasteiger partial charge in [0.2, 0.25) is 16.8 Å². The minimum Gasteiger partial charge on any atom is -0.454 e. The molecule has 0 aromatic heterocycles. The van der Waals surface area contributed by atoms with Gasteiger partial charge < -0.3 is 9.47 Å². The van der Waals surface area contributed by atoms with Gasteiger partial charge in [0.1, 0.15) is 0 Å². The van der Waals surface area contributed by atoms with Crippen molar-refractivity contribution in [2.45, 2.75) is 49.8 Å². The van der Waals surface area contributed by atoms with E-state index in [4.69, 9.17) is 9.47 Å². The van der Waals surface area contributed by atoms with Crippen LogP contribution in [-0.4, -0.2) is 45.0 Å². The van der Waals surface area contributed by atoms with E-state index in [2.05, 4.69) is 9.62 Å². The summed E-state index contributed by atoms with van der Waals surface area (Å²) in [5.74, 6) is 1.51. The second-order valence-corrected chi connectivity index (χ2v) is 9.22. The van der Waals surface area contributed by atoms with E-state index in [9.17, 15) is 8.42 Å². The first-order chi connectivity index (χ1) is 12.1. The van der Waals surface area contributed by atoms with Gasteiger partial charge in [-0.1, -0.05) is 18.9 Å². The van der Waals surface area contributed by atoms with Crippen molar-refractivity contribution in [3.05, 3.63) is 23.8 Å². The predicted octanol–water partition coefficient (Wildman–Crippen LogP) is 2.41. The largest absolute Gasteiger partial charge is 0.454 e. The van der Waals surface area contributed by atoms with E-state index in [1.807, 2.05) is 18.2 Å². The van der Waals surface area contributed by atoms with Crippen LogP contribution in [0.15, 0.2) is 18.2 Å². The molecular formula is C18H26N2O4S. The van der Waals surface area contributed by atoms with E-state index in [1.54, 1.807) is 0 Å². The minimum atomic E-state index is -3.24. The predicted molar refractivity (Wildman–Crippen MR) is 95.3 cm³/mol. The van der Waals surface area contributed by atoms with E-state index >= 15 is 0 Å². The van der Waals surface area contributed by atoms with E-state index in [1.165, 1.54) is 0 Å². The Morgan fingerprint density at radius 1 is 1.08 bits per heavy atom. The third-order valence-electron chi connectivity index (χ3n) is 5.58. The zero-order valence-corrected chi connectivity index (χ0v) is 15.3. The molecule has 0 amide bonds. The highest BCUT2D eigenvalue weighted by Crippen LogP contribution is 2.36. The molecule has 2 heterocycles. The first-order valence-electron chi connectivity index (χ1n) is 9.25. The topological polar surface area (TPSA) is 67.9 Å². The van der Waals surface area contributed by atoms with Gasteiger partial charge in [0.15, 0.2) is 11.5 Å². The summed E-state index contributed by atoms with van der Waals surface area (Å²) >= 11 is 0. The summed E-state index contributed by atoms with van der Waals surface area (Å²) in [6, 6.07) is 5.98. The lowest BCUT2D eigenvalue weighted by molar-refractivity contribution is 0.173. The first kappa shape index (κ1) is 17.1. The van der Waals surface area contributed by atoms with Crippen molar-refractivity contribution in [2.24, 2.45) is 0 Å². The van der Waals surface area contributed by atoms with Crippen molar-refractivity contribution in [3.63, 3.8) is 0 Å². The number of hydrogen-bond acceptors (Lipinski definition) is 5. The summed E-state index contributed by atoms with van der Waals surface area (Å²) in [7, 11) is -3.24. The molecule has 3 aliphatic rings. The van der Waals surface area contributed by atoms with Crippen LogP contribution in [0, 0.1) is 0 Å². The molecule has 1 atom stereocenters. The molecule has 138 valence electrons. The maximum Gasteiger partial charge on any atom is 0.231 e. The van der Waals surface area contributed by atoms with Crippen LogP contribution in [0.1, 0.15) is 50.1 Å². The molecule has 1 saturated heterocycles. The molecule has 1 aromatic carbocycles. The fourth-order valence-electron chi connectivity index (χ4n) is 4.14. The van der Waals surface area contributed by atoms with Gasteiger partial charge in [0, 0.05) is 12.6 Å². The lowest BCUT2D eigenvalue weighted by Crippen LogP contribution is -2.40. The number of ether oxygens (including phenoxy) is 2. The Hall–Kier alpha value is -1.31. The Kier molecular flexibility index (Phi) is 4.88. The van der Waals surface area contributed by atoms with Gasteiger partial charge in [-0.15, -0.1) is 0 Å². The van der Waals surface area contributed by atoms with E-state index in [0.717, 1.165) is 68.7 Å². The number of hydrogen-bond donors (Lipinski definition) is 1. The normalized spacial score (nSPS) is 22.6. The smallest absolute Gasteiger partial charge is 0.231 e. The van der Waals surface area contributed by atoms with Crippen molar-refractivity contribution in [2.75, 3.05) is 26.4 Å². The second kappa shape index (κ2) is 7.13. The van der Waals surface area contributed by atoms with Crippen LogP contribution in [0.4, 0.5) is 0 Å². The maximum atomic E-state index is 12.6. The molecular weight excluding hydrogens is 340 g/mol. The molecule has 4 rings (SSSR count). The molecule has 2 fully saturated rings. The number of benzene rings is 1. The van der Waals surface area contributed by atoms with Crippen molar-refractivity contribution in [1.29, 1.82) is 0 Å². The first-order valence-corrected chi connectivity index (χ1v) is 10.8. The van der Waals surface area contributed by atoms with Crippen LogP contribution >= 0.6 is 0 Å². The molecule has 7 heteroatoms. The molecule has 0 spiro atoms. The van der Waals surface area contributed by atoms with E-state index in [-0.39, 0.29) is 18.1 Å². The van der Waals surface area contributed by atoms with Gasteiger partial charge in [-0.2, -0.15) is 0 Å². The summed E-state index contributed by atoms with van der Waals surface area (Å²) in [6.07, 6.45) is 5.93. The van der Waals surface area contributed by atoms with Crippen LogP contribution in [0.3, 0.4) is 0 Å². The maximum absolute atomic E-state index is 12.6. The lowest BCUT2D eigenvalue weighted by Gasteiger charge is -2.29. The van der Waals surface area contributed by atoms with Gasteiger partial charge in [-0.25, -0.2) is 13.1 Å². The molecule has 1 N–H and O–H groups in total. The van der Waals surface area contributed by atoms with Crippen LogP contribution in [0.25, 0.3) is 0 Å². The average Bonchev–Trinajstić information content (AvgIpc) is 3.36. The molecule has 0 bridgehead atoms. The summed E-state index contributed by atoms with van der Waals surface area (Å²) in [5, 5.41) is -0.219. The minimum absolute atomic E-state index is 0.0354. The van der Waals surface area contributed by atoms with E-state index < -0.39 is 10.0 Å². The summed E-state index contributed by atoms with van der Waals surface area (Å²) < 4.78 is 39.0. The number of likely N-dealkylation sites (tertiary alicyclic amines) is 1. The van der Waals surface area contributed by atoms with Gasteiger partial charge >= 0.3 is 0 Å². The third-order valence-corrected chi connectivity index (χ3v) is 7.50. The van der Waals surface area contributed by atoms with Crippen LogP contribution in [0.5, 0.6) is 11.5 Å². The quantitative estimate of drug-likeness (QED) is 0.837. The van der Waals surface area contributed by atoms with Crippen molar-refractivity contribution in [3.8, 4) is 11.5 Å². The molecule has 0 radical (unpaired) electrons. The van der Waals surface area contributed by atoms with Gasteiger partial charge in [-0.3, -0.25) is 4.90 Å². The van der Waals surface area contributed by atoms with Gasteiger partial charge in [-0.05, 0) is 56.5 Å². The van der Waals surface area contributed by atoms with Gasteiger partial charge in [0.05, 0.1) is 5.25 Å². The highest BCUT2D eigenvalue weighted by atomic mass is 32.2. The Morgan fingerprint density at radius 3 is 2.56 bits per heavy atom. The fourth-order valence-corrected chi connectivity index (χ4v) is 5.72. The Labute approximate surface area is 149 Å². The summed E-state index contributed by atoms with van der Waals surface area (Å²) in [5.41, 5.74) is 1.08. The molecule has 1 saturated carbocycles. The SMILES string of the molecule is O=S(=O)(NCC(c1ccc2c(c1)OCO2)N1CCCC1)C1CCCC1. The molecule has 1 unspecified atom stereocenters. The highest BCUT2D eigenvalue weighted by molar-refractivity contribution is 7.90. The number of rotatable bonds is 6. The monoisotopic (exact) mass is 366 g/mol. The fraction of sp³-hybridized carbons (Fsp3) is 0.667. The van der Waals surface area contributed by atoms with Crippen molar-refractivity contribution in [1.82, 2.24) is 9.62 Å². The van der Waals surface area contributed by atoms with Crippen LogP contribution < -0.4 is 14.2 Å². The Balaban J connectivity index is 1.52. The summed E-state index contributed by atoms with van der Waals surface area (Å²) in [6.45, 7) is 2.68. The second-order valence-electron chi connectivity index (χ2n) is 7.17. The number of fused-ring (bicyclic) bond motifs is 1. The van der Waals surface area contributed by atoms with Gasteiger partial charge in [0.25, 0.3) is 0 Å². The molecule has 25 heavy (non-hydrogen) atoms. The van der Waals surface area contributed by atoms with Crippen LogP contribution in [0.2, 0.25) is 0 Å². The van der Waals surface area contributed by atoms with E-state index in [0.29, 0.717) is 6.54 Å². The molecule has 1 aromatic rings.